The molecule has 6 N–H and O–H groups in total. The van der Waals surface area contributed by atoms with Gasteiger partial charge in [-0.25, -0.2) is 0 Å². The highest BCUT2D eigenvalue weighted by atomic mass is 16.2. The molecule has 0 saturated heterocycles. The Morgan fingerprint density at radius 1 is 1.46 bits per heavy atom. The zero-order chi connectivity index (χ0) is 9.26. The molecule has 0 saturated carbocycles. The molecule has 1 unspecified atom stereocenters. The first-order chi connectivity index (χ1) is 6.31. The molecule has 2 rings (SSSR count). The van der Waals surface area contributed by atoms with Gasteiger partial charge in [0.25, 0.3) is 5.91 Å². The molecule has 0 spiro atoms. The summed E-state index contributed by atoms with van der Waals surface area (Å²) in [6.45, 7) is 0.524. The normalized spacial score (nSPS) is 24.9. The molecule has 0 aromatic carbocycles. The van der Waals surface area contributed by atoms with Crippen LogP contribution in [0.1, 0.15) is 0 Å². The average Bonchev–Trinajstić information content (AvgIpc) is 2.53. The van der Waals surface area contributed by atoms with Crippen molar-refractivity contribution in [1.29, 1.82) is 5.53 Å². The molecular weight excluding hydrogens is 174 g/mol. The monoisotopic (exact) mass is 183 g/mol. The second-order valence-electron chi connectivity index (χ2n) is 2.57. The number of carbonyl (C=O) groups excluding carboxylic acids is 1. The van der Waals surface area contributed by atoms with Gasteiger partial charge >= 0.3 is 0 Å². The lowest BCUT2D eigenvalue weighted by molar-refractivity contribution is -0.119. The zero-order valence-electron chi connectivity index (χ0n) is 6.64. The van der Waals surface area contributed by atoms with Gasteiger partial charge in [0.05, 0.1) is 6.67 Å². The highest BCUT2D eigenvalue weighted by Gasteiger charge is 2.28. The molecule has 2 heterocycles. The van der Waals surface area contributed by atoms with E-state index in [1.807, 2.05) is 0 Å². The Morgan fingerprint density at radius 3 is 3.08 bits per heavy atom. The maximum absolute atomic E-state index is 11.3. The molecule has 0 aromatic rings. The van der Waals surface area contributed by atoms with Crippen molar-refractivity contribution in [2.75, 3.05) is 6.67 Å². The minimum absolute atomic E-state index is 0.222. The molecule has 0 bridgehead atoms. The molecule has 2 aliphatic heterocycles. The predicted octanol–water partition coefficient (Wildman–Crippen LogP) is -2.16. The first-order valence-electron chi connectivity index (χ1n) is 3.72. The third-order valence-corrected chi connectivity index (χ3v) is 1.77. The third-order valence-electron chi connectivity index (χ3n) is 1.77. The van der Waals surface area contributed by atoms with Crippen molar-refractivity contribution in [2.24, 2.45) is 5.22 Å². The van der Waals surface area contributed by atoms with E-state index in [0.29, 0.717) is 18.2 Å². The topological polar surface area (TPSA) is 113 Å². The van der Waals surface area contributed by atoms with Crippen LogP contribution in [0.15, 0.2) is 16.7 Å². The summed E-state index contributed by atoms with van der Waals surface area (Å²) < 4.78 is 0. The van der Waals surface area contributed by atoms with Crippen LogP contribution in [0.2, 0.25) is 0 Å². The Bertz CT molecular complexity index is 285. The van der Waals surface area contributed by atoms with Gasteiger partial charge in [-0.05, 0) is 0 Å². The number of hydrogen-bond acceptors (Lipinski definition) is 6. The fraction of sp³-hybridized carbons (Fsp3) is 0.400. The van der Waals surface area contributed by atoms with E-state index in [2.05, 4.69) is 31.9 Å². The molecule has 0 aliphatic carbocycles. The Kier molecular flexibility index (Phi) is 1.65. The van der Waals surface area contributed by atoms with Crippen LogP contribution >= 0.6 is 0 Å². The van der Waals surface area contributed by atoms with Crippen molar-refractivity contribution < 1.29 is 4.79 Å². The van der Waals surface area contributed by atoms with Gasteiger partial charge in [-0.15, -0.1) is 0 Å². The van der Waals surface area contributed by atoms with Gasteiger partial charge in [0.1, 0.15) is 11.5 Å². The van der Waals surface area contributed by atoms with Crippen molar-refractivity contribution in [3.63, 3.8) is 0 Å². The number of carbonyl (C=O) groups is 1. The Labute approximate surface area is 73.6 Å². The van der Waals surface area contributed by atoms with E-state index < -0.39 is 6.29 Å². The SMILES string of the molecule is N=NNC1NC(=O)C2=C(NCN2)N1. The summed E-state index contributed by atoms with van der Waals surface area (Å²) in [4.78, 5) is 11.3. The fourth-order valence-corrected chi connectivity index (χ4v) is 1.23. The van der Waals surface area contributed by atoms with E-state index in [1.165, 1.54) is 0 Å². The minimum Gasteiger partial charge on any atom is -0.360 e. The van der Waals surface area contributed by atoms with Crippen molar-refractivity contribution in [3.05, 3.63) is 11.5 Å². The Balaban J connectivity index is 2.13. The zero-order valence-corrected chi connectivity index (χ0v) is 6.64. The molecule has 70 valence electrons. The summed E-state index contributed by atoms with van der Waals surface area (Å²) in [6, 6.07) is 0. The highest BCUT2D eigenvalue weighted by Crippen LogP contribution is 2.05. The number of nitrogens with zero attached hydrogens (tertiary/aromatic N) is 1. The van der Waals surface area contributed by atoms with Crippen molar-refractivity contribution in [3.8, 4) is 0 Å². The summed E-state index contributed by atoms with van der Waals surface area (Å²) >= 11 is 0. The van der Waals surface area contributed by atoms with Crippen LogP contribution in [0.4, 0.5) is 0 Å². The van der Waals surface area contributed by atoms with E-state index in [1.54, 1.807) is 0 Å². The van der Waals surface area contributed by atoms with Crippen LogP contribution in [0.5, 0.6) is 0 Å². The molecular formula is C5H9N7O. The molecule has 1 amide bonds. The van der Waals surface area contributed by atoms with Gasteiger partial charge in [-0.3, -0.25) is 10.2 Å². The van der Waals surface area contributed by atoms with Gasteiger partial charge in [0.15, 0.2) is 6.29 Å². The summed E-state index contributed by atoms with van der Waals surface area (Å²) in [5.41, 5.74) is 9.43. The van der Waals surface area contributed by atoms with Crippen LogP contribution in [0.25, 0.3) is 0 Å². The van der Waals surface area contributed by atoms with Crippen LogP contribution in [0, 0.1) is 5.53 Å². The Morgan fingerprint density at radius 2 is 2.31 bits per heavy atom. The maximum Gasteiger partial charge on any atom is 0.274 e. The van der Waals surface area contributed by atoms with Crippen LogP contribution in [0.3, 0.4) is 0 Å². The average molecular weight is 183 g/mol. The summed E-state index contributed by atoms with van der Waals surface area (Å²) in [6.07, 6.45) is -0.531. The number of amides is 1. The van der Waals surface area contributed by atoms with Crippen LogP contribution in [-0.4, -0.2) is 18.9 Å². The first-order valence-corrected chi connectivity index (χ1v) is 3.72. The summed E-state index contributed by atoms with van der Waals surface area (Å²) in [7, 11) is 0. The van der Waals surface area contributed by atoms with E-state index in [4.69, 9.17) is 5.53 Å². The predicted molar refractivity (Wildman–Crippen MR) is 41.5 cm³/mol. The summed E-state index contributed by atoms with van der Waals surface area (Å²) in [5.74, 6) is 0.407. The fourth-order valence-electron chi connectivity index (χ4n) is 1.23. The smallest absolute Gasteiger partial charge is 0.274 e. The molecule has 0 fully saturated rings. The first kappa shape index (κ1) is 7.65. The Hall–Kier alpha value is -1.99. The van der Waals surface area contributed by atoms with Crippen molar-refractivity contribution >= 4 is 5.91 Å². The number of rotatable bonds is 2. The van der Waals surface area contributed by atoms with E-state index >= 15 is 0 Å². The molecule has 1 atom stereocenters. The van der Waals surface area contributed by atoms with Crippen LogP contribution in [-0.2, 0) is 4.79 Å². The number of nitrogens with one attached hydrogen (secondary N) is 6. The van der Waals surface area contributed by atoms with E-state index in [-0.39, 0.29) is 5.91 Å². The van der Waals surface area contributed by atoms with Crippen LogP contribution < -0.4 is 26.7 Å². The molecule has 8 nitrogen and oxygen atoms in total. The van der Waals surface area contributed by atoms with Gasteiger partial charge < -0.3 is 21.3 Å². The highest BCUT2D eigenvalue weighted by molar-refractivity contribution is 5.94. The second-order valence-corrected chi connectivity index (χ2v) is 2.57. The summed E-state index contributed by atoms with van der Waals surface area (Å²) in [5, 5.41) is 14.2. The van der Waals surface area contributed by atoms with E-state index in [0.717, 1.165) is 0 Å². The lowest BCUT2D eigenvalue weighted by Crippen LogP contribution is -2.57. The molecule has 8 heteroatoms. The quantitative estimate of drug-likeness (QED) is 0.216. The second kappa shape index (κ2) is 2.81. The molecule has 0 aromatic heterocycles. The molecule has 2 aliphatic rings. The van der Waals surface area contributed by atoms with Crippen molar-refractivity contribution in [2.45, 2.75) is 6.29 Å². The standard InChI is InChI=1S/C5H9N7O/c6-12-11-5-9-3-2(4(13)10-5)7-1-8-3/h5,7-9H,1H2,(H2,6,11)(H,10,13). The number of hydrogen-bond donors (Lipinski definition) is 6. The third kappa shape index (κ3) is 1.21. The minimum atomic E-state index is -0.531. The lowest BCUT2D eigenvalue weighted by atomic mass is 10.3. The van der Waals surface area contributed by atoms with Gasteiger partial charge in [0, 0.05) is 0 Å². The van der Waals surface area contributed by atoms with Gasteiger partial charge in [0.2, 0.25) is 0 Å². The molecule has 0 radical (unpaired) electrons. The molecule has 13 heavy (non-hydrogen) atoms. The van der Waals surface area contributed by atoms with Gasteiger partial charge in [-0.1, -0.05) is 5.22 Å². The lowest BCUT2D eigenvalue weighted by Gasteiger charge is -2.24. The maximum atomic E-state index is 11.3. The largest absolute Gasteiger partial charge is 0.360 e. The van der Waals surface area contributed by atoms with Gasteiger partial charge in [-0.2, -0.15) is 5.53 Å². The van der Waals surface area contributed by atoms with E-state index in [9.17, 15) is 4.79 Å². The van der Waals surface area contributed by atoms with Crippen molar-refractivity contribution in [1.82, 2.24) is 26.7 Å².